The highest BCUT2D eigenvalue weighted by Crippen LogP contribution is 2.31. The van der Waals surface area contributed by atoms with Crippen molar-refractivity contribution in [1.29, 1.82) is 0 Å². The number of hydrogen-bond acceptors (Lipinski definition) is 5. The summed E-state index contributed by atoms with van der Waals surface area (Å²) in [6, 6.07) is 11.3. The average Bonchev–Trinajstić information content (AvgIpc) is 2.93. The second-order valence-corrected chi connectivity index (χ2v) is 7.61. The van der Waals surface area contributed by atoms with Crippen LogP contribution in [0, 0.1) is 0 Å². The minimum atomic E-state index is -3.57. The van der Waals surface area contributed by atoms with E-state index in [2.05, 4.69) is 5.32 Å². The zero-order valence-electron chi connectivity index (χ0n) is 12.4. The molecule has 6 heteroatoms. The molecule has 1 aliphatic rings. The monoisotopic (exact) mass is 328 g/mol. The largest absolute Gasteiger partial charge is 0.461 e. The van der Waals surface area contributed by atoms with Crippen molar-refractivity contribution in [3.05, 3.63) is 53.8 Å². The van der Waals surface area contributed by atoms with Crippen LogP contribution in [-0.4, -0.2) is 15.0 Å². The third-order valence-corrected chi connectivity index (χ3v) is 5.94. The number of nitrogens with two attached hydrogens (primary N) is 1. The van der Waals surface area contributed by atoms with Crippen LogP contribution in [0.2, 0.25) is 0 Å². The second kappa shape index (κ2) is 5.11. The maximum Gasteiger partial charge on any atom is 0.206 e. The SMILES string of the molecule is Nc1ccc(S(=O)(=O)c2ccc3oc4c(c3c2)CNCC4)cc1. The van der Waals surface area contributed by atoms with Crippen molar-refractivity contribution in [2.24, 2.45) is 0 Å². The summed E-state index contributed by atoms with van der Waals surface area (Å²) >= 11 is 0. The molecule has 0 fully saturated rings. The third-order valence-electron chi connectivity index (χ3n) is 4.18. The molecule has 23 heavy (non-hydrogen) atoms. The lowest BCUT2D eigenvalue weighted by molar-refractivity contribution is 0.500. The Hall–Kier alpha value is -2.31. The summed E-state index contributed by atoms with van der Waals surface area (Å²) in [5, 5.41) is 4.16. The molecule has 0 radical (unpaired) electrons. The van der Waals surface area contributed by atoms with Gasteiger partial charge >= 0.3 is 0 Å². The van der Waals surface area contributed by atoms with E-state index in [-0.39, 0.29) is 9.79 Å². The molecule has 0 atom stereocenters. The number of fused-ring (bicyclic) bond motifs is 3. The molecule has 3 aromatic rings. The van der Waals surface area contributed by atoms with E-state index >= 15 is 0 Å². The first-order valence-electron chi connectivity index (χ1n) is 7.41. The Balaban J connectivity index is 1.86. The molecule has 0 unspecified atom stereocenters. The van der Waals surface area contributed by atoms with Crippen molar-refractivity contribution in [2.45, 2.75) is 22.8 Å². The number of nitrogens with one attached hydrogen (secondary N) is 1. The third kappa shape index (κ3) is 2.31. The molecule has 0 bridgehead atoms. The van der Waals surface area contributed by atoms with Gasteiger partial charge in [0.1, 0.15) is 11.3 Å². The van der Waals surface area contributed by atoms with Crippen molar-refractivity contribution in [3.8, 4) is 0 Å². The van der Waals surface area contributed by atoms with Crippen molar-refractivity contribution in [1.82, 2.24) is 5.32 Å². The standard InChI is InChI=1S/C17H16N2O3S/c18-11-1-3-12(4-2-11)23(20,21)13-5-6-16-14(9-13)15-10-19-8-7-17(15)22-16/h1-6,9,19H,7-8,10,18H2. The highest BCUT2D eigenvalue weighted by Gasteiger charge is 2.22. The lowest BCUT2D eigenvalue weighted by atomic mass is 10.1. The number of hydrogen-bond donors (Lipinski definition) is 2. The van der Waals surface area contributed by atoms with Gasteiger partial charge in [0, 0.05) is 36.1 Å². The molecule has 0 amide bonds. The van der Waals surface area contributed by atoms with Gasteiger partial charge in [0.2, 0.25) is 9.84 Å². The molecule has 0 saturated heterocycles. The molecule has 2 heterocycles. The normalized spacial score (nSPS) is 14.8. The number of benzene rings is 2. The highest BCUT2D eigenvalue weighted by atomic mass is 32.2. The fourth-order valence-corrected chi connectivity index (χ4v) is 4.23. The Bertz CT molecular complexity index is 989. The molecule has 3 N–H and O–H groups in total. The fraction of sp³-hybridized carbons (Fsp3) is 0.176. The smallest absolute Gasteiger partial charge is 0.206 e. The van der Waals surface area contributed by atoms with Gasteiger partial charge in [-0.25, -0.2) is 8.42 Å². The van der Waals surface area contributed by atoms with E-state index in [0.717, 1.165) is 35.3 Å². The van der Waals surface area contributed by atoms with Gasteiger partial charge in [-0.05, 0) is 42.5 Å². The first-order chi connectivity index (χ1) is 11.1. The topological polar surface area (TPSA) is 85.3 Å². The Morgan fingerprint density at radius 2 is 1.78 bits per heavy atom. The van der Waals surface area contributed by atoms with Gasteiger partial charge in [-0.15, -0.1) is 0 Å². The molecular weight excluding hydrogens is 312 g/mol. The van der Waals surface area contributed by atoms with Gasteiger partial charge in [-0.2, -0.15) is 0 Å². The summed E-state index contributed by atoms with van der Waals surface area (Å²) in [6.07, 6.45) is 0.823. The van der Waals surface area contributed by atoms with Crippen molar-refractivity contribution in [2.75, 3.05) is 12.3 Å². The average molecular weight is 328 g/mol. The summed E-state index contributed by atoms with van der Waals surface area (Å²) in [6.45, 7) is 1.58. The van der Waals surface area contributed by atoms with Gasteiger partial charge < -0.3 is 15.5 Å². The number of rotatable bonds is 2. The van der Waals surface area contributed by atoms with E-state index in [9.17, 15) is 8.42 Å². The zero-order chi connectivity index (χ0) is 16.0. The van der Waals surface area contributed by atoms with Gasteiger partial charge in [0.25, 0.3) is 0 Å². The molecule has 5 nitrogen and oxygen atoms in total. The highest BCUT2D eigenvalue weighted by molar-refractivity contribution is 7.91. The first kappa shape index (κ1) is 14.3. The van der Waals surface area contributed by atoms with Crippen molar-refractivity contribution >= 4 is 26.5 Å². The Kier molecular flexibility index (Phi) is 3.18. The fourth-order valence-electron chi connectivity index (χ4n) is 2.94. The van der Waals surface area contributed by atoms with E-state index in [0.29, 0.717) is 12.2 Å². The second-order valence-electron chi connectivity index (χ2n) is 5.66. The van der Waals surface area contributed by atoms with E-state index in [1.54, 1.807) is 30.3 Å². The van der Waals surface area contributed by atoms with Gasteiger partial charge in [0.05, 0.1) is 9.79 Å². The Labute approximate surface area is 134 Å². The molecule has 1 aromatic heterocycles. The first-order valence-corrected chi connectivity index (χ1v) is 8.90. The molecule has 2 aromatic carbocycles. The predicted octanol–water partition coefficient (Wildman–Crippen LogP) is 2.49. The van der Waals surface area contributed by atoms with E-state index in [1.807, 2.05) is 0 Å². The molecule has 4 rings (SSSR count). The van der Waals surface area contributed by atoms with Crippen molar-refractivity contribution < 1.29 is 12.8 Å². The number of anilines is 1. The van der Waals surface area contributed by atoms with Crippen molar-refractivity contribution in [3.63, 3.8) is 0 Å². The molecule has 0 spiro atoms. The van der Waals surface area contributed by atoms with Crippen LogP contribution in [0.3, 0.4) is 0 Å². The Morgan fingerprint density at radius 3 is 2.57 bits per heavy atom. The molecule has 118 valence electrons. The predicted molar refractivity (Wildman–Crippen MR) is 87.9 cm³/mol. The van der Waals surface area contributed by atoms with E-state index < -0.39 is 9.84 Å². The van der Waals surface area contributed by atoms with Crippen LogP contribution in [0.1, 0.15) is 11.3 Å². The van der Waals surface area contributed by atoms with E-state index in [4.69, 9.17) is 10.2 Å². The maximum atomic E-state index is 12.8. The van der Waals surface area contributed by atoms with Crippen LogP contribution in [-0.2, 0) is 22.8 Å². The lowest BCUT2D eigenvalue weighted by Gasteiger charge is -2.11. The maximum absolute atomic E-state index is 12.8. The molecular formula is C17H16N2O3S. The van der Waals surface area contributed by atoms with Crippen LogP contribution >= 0.6 is 0 Å². The molecule has 0 saturated carbocycles. The quantitative estimate of drug-likeness (QED) is 0.706. The van der Waals surface area contributed by atoms with E-state index in [1.165, 1.54) is 12.1 Å². The minimum Gasteiger partial charge on any atom is -0.461 e. The number of sulfone groups is 1. The molecule has 0 aliphatic carbocycles. The lowest BCUT2D eigenvalue weighted by Crippen LogP contribution is -2.22. The summed E-state index contributed by atoms with van der Waals surface area (Å²) in [4.78, 5) is 0.505. The Morgan fingerprint density at radius 1 is 1.04 bits per heavy atom. The van der Waals surface area contributed by atoms with Crippen LogP contribution in [0.15, 0.2) is 56.7 Å². The number of nitrogen functional groups attached to an aromatic ring is 1. The number of furan rings is 1. The summed E-state index contributed by atoms with van der Waals surface area (Å²) in [5.74, 6) is 0.945. The van der Waals surface area contributed by atoms with Crippen LogP contribution in [0.5, 0.6) is 0 Å². The van der Waals surface area contributed by atoms with Gasteiger partial charge in [-0.3, -0.25) is 0 Å². The van der Waals surface area contributed by atoms with Crippen LogP contribution in [0.25, 0.3) is 11.0 Å². The summed E-state index contributed by atoms with van der Waals surface area (Å²) in [7, 11) is -3.57. The van der Waals surface area contributed by atoms with Gasteiger partial charge in [0.15, 0.2) is 0 Å². The zero-order valence-corrected chi connectivity index (χ0v) is 13.2. The van der Waals surface area contributed by atoms with Gasteiger partial charge in [-0.1, -0.05) is 0 Å². The van der Waals surface area contributed by atoms with Crippen LogP contribution in [0.4, 0.5) is 5.69 Å². The summed E-state index contributed by atoms with van der Waals surface area (Å²) < 4.78 is 31.4. The minimum absolute atomic E-state index is 0.238. The molecule has 1 aliphatic heterocycles. The summed E-state index contributed by atoms with van der Waals surface area (Å²) in [5.41, 5.74) is 7.96. The van der Waals surface area contributed by atoms with Crippen LogP contribution < -0.4 is 11.1 Å².